The van der Waals surface area contributed by atoms with Gasteiger partial charge in [-0.15, -0.1) is 11.3 Å². The molecule has 6 nitrogen and oxygen atoms in total. The van der Waals surface area contributed by atoms with Gasteiger partial charge in [-0.25, -0.2) is 9.78 Å². The number of aryl methyl sites for hydroxylation is 2. The molecule has 27 heavy (non-hydrogen) atoms. The van der Waals surface area contributed by atoms with Crippen molar-refractivity contribution in [2.75, 3.05) is 6.61 Å². The molecule has 0 radical (unpaired) electrons. The first kappa shape index (κ1) is 19.0. The maximum absolute atomic E-state index is 12.3. The number of carbonyl (C=O) groups excluding carboxylic acids is 2. The van der Waals surface area contributed by atoms with Crippen LogP contribution in [0.15, 0.2) is 40.5 Å². The first-order valence-electron chi connectivity index (χ1n) is 8.76. The zero-order valence-corrected chi connectivity index (χ0v) is 16.0. The molecular weight excluding hydrogens is 364 g/mol. The summed E-state index contributed by atoms with van der Waals surface area (Å²) in [6, 6.07) is 8.60. The highest BCUT2D eigenvalue weighted by atomic mass is 32.1. The lowest BCUT2D eigenvalue weighted by Gasteiger charge is -2.10. The smallest absolute Gasteiger partial charge is 0.338 e. The van der Waals surface area contributed by atoms with Gasteiger partial charge in [0.15, 0.2) is 5.78 Å². The first-order valence-corrected chi connectivity index (χ1v) is 9.64. The number of ether oxygens (including phenoxy) is 1. The van der Waals surface area contributed by atoms with Crippen LogP contribution in [0.2, 0.25) is 0 Å². The van der Waals surface area contributed by atoms with Crippen molar-refractivity contribution in [2.24, 2.45) is 0 Å². The van der Waals surface area contributed by atoms with E-state index in [9.17, 15) is 14.4 Å². The lowest BCUT2D eigenvalue weighted by atomic mass is 10.2. The second-order valence-corrected chi connectivity index (χ2v) is 7.04. The molecule has 0 spiro atoms. The van der Waals surface area contributed by atoms with E-state index in [2.05, 4.69) is 4.98 Å². The van der Waals surface area contributed by atoms with E-state index in [1.165, 1.54) is 11.3 Å². The minimum absolute atomic E-state index is 0.0592. The molecule has 140 valence electrons. The summed E-state index contributed by atoms with van der Waals surface area (Å²) in [7, 11) is 0. The van der Waals surface area contributed by atoms with Gasteiger partial charge in [-0.05, 0) is 49.9 Å². The van der Waals surface area contributed by atoms with Crippen LogP contribution in [0.1, 0.15) is 45.5 Å². The second kappa shape index (κ2) is 8.26. The van der Waals surface area contributed by atoms with Gasteiger partial charge in [0.05, 0.1) is 28.1 Å². The summed E-state index contributed by atoms with van der Waals surface area (Å²) in [6.07, 6.45) is 0.817. The Bertz CT molecular complexity index is 1040. The highest BCUT2D eigenvalue weighted by Gasteiger charge is 2.13. The van der Waals surface area contributed by atoms with E-state index in [0.717, 1.165) is 4.88 Å². The number of ketones is 1. The highest BCUT2D eigenvalue weighted by Crippen LogP contribution is 2.15. The van der Waals surface area contributed by atoms with Crippen molar-refractivity contribution in [1.82, 2.24) is 9.55 Å². The molecule has 0 fully saturated rings. The summed E-state index contributed by atoms with van der Waals surface area (Å²) in [5.41, 5.74) is 1.90. The molecule has 0 aliphatic carbocycles. The van der Waals surface area contributed by atoms with Crippen LogP contribution in [-0.2, 0) is 11.3 Å². The first-order chi connectivity index (χ1) is 13.0. The number of rotatable bonds is 7. The largest absolute Gasteiger partial charge is 0.462 e. The molecule has 7 heteroatoms. The van der Waals surface area contributed by atoms with Crippen LogP contribution in [-0.4, -0.2) is 27.9 Å². The average Bonchev–Trinajstić information content (AvgIpc) is 3.20. The topological polar surface area (TPSA) is 78.3 Å². The van der Waals surface area contributed by atoms with Gasteiger partial charge in [-0.1, -0.05) is 6.07 Å². The summed E-state index contributed by atoms with van der Waals surface area (Å²) < 4.78 is 6.90. The maximum atomic E-state index is 12.3. The molecule has 0 amide bonds. The monoisotopic (exact) mass is 384 g/mol. The number of nitrogens with zero attached hydrogens (tertiary/aromatic N) is 2. The van der Waals surface area contributed by atoms with Crippen LogP contribution in [0.25, 0.3) is 11.0 Å². The van der Waals surface area contributed by atoms with Crippen molar-refractivity contribution in [1.29, 1.82) is 0 Å². The van der Waals surface area contributed by atoms with Crippen LogP contribution < -0.4 is 5.56 Å². The number of benzene rings is 1. The van der Waals surface area contributed by atoms with Gasteiger partial charge in [0.25, 0.3) is 5.56 Å². The predicted molar refractivity (Wildman–Crippen MR) is 105 cm³/mol. The van der Waals surface area contributed by atoms with E-state index in [4.69, 9.17) is 4.74 Å². The van der Waals surface area contributed by atoms with Gasteiger partial charge in [0.1, 0.15) is 5.69 Å². The van der Waals surface area contributed by atoms with E-state index >= 15 is 0 Å². The number of aromatic nitrogens is 2. The van der Waals surface area contributed by atoms with Crippen molar-refractivity contribution < 1.29 is 14.3 Å². The van der Waals surface area contributed by atoms with E-state index in [1.807, 2.05) is 18.4 Å². The molecule has 0 atom stereocenters. The summed E-state index contributed by atoms with van der Waals surface area (Å²) in [6.45, 7) is 4.25. The molecule has 0 aliphatic rings. The molecule has 3 aromatic rings. The normalized spacial score (nSPS) is 10.9. The van der Waals surface area contributed by atoms with Crippen LogP contribution in [0.5, 0.6) is 0 Å². The fourth-order valence-corrected chi connectivity index (χ4v) is 3.55. The fourth-order valence-electron chi connectivity index (χ4n) is 2.86. The predicted octanol–water partition coefficient (Wildman–Crippen LogP) is 3.61. The van der Waals surface area contributed by atoms with Crippen molar-refractivity contribution in [3.63, 3.8) is 0 Å². The highest BCUT2D eigenvalue weighted by molar-refractivity contribution is 7.12. The van der Waals surface area contributed by atoms with E-state index in [0.29, 0.717) is 41.7 Å². The van der Waals surface area contributed by atoms with Crippen molar-refractivity contribution in [3.05, 3.63) is 62.2 Å². The molecule has 0 saturated heterocycles. The molecule has 3 rings (SSSR count). The molecule has 0 bridgehead atoms. The van der Waals surface area contributed by atoms with Gasteiger partial charge >= 0.3 is 5.97 Å². The van der Waals surface area contributed by atoms with Gasteiger partial charge in [-0.3, -0.25) is 9.59 Å². The molecular formula is C20H20N2O4S. The number of hydrogen-bond acceptors (Lipinski definition) is 6. The fraction of sp³-hybridized carbons (Fsp3) is 0.300. The van der Waals surface area contributed by atoms with Crippen LogP contribution >= 0.6 is 11.3 Å². The number of esters is 1. The van der Waals surface area contributed by atoms with Crippen molar-refractivity contribution >= 4 is 34.1 Å². The maximum Gasteiger partial charge on any atom is 0.338 e. The average molecular weight is 384 g/mol. The molecule has 0 saturated carbocycles. The Morgan fingerprint density at radius 2 is 2.07 bits per heavy atom. The van der Waals surface area contributed by atoms with Gasteiger partial charge < -0.3 is 9.30 Å². The number of thiophene rings is 1. The molecule has 0 N–H and O–H groups in total. The Morgan fingerprint density at radius 1 is 1.26 bits per heavy atom. The Kier molecular flexibility index (Phi) is 5.81. The summed E-state index contributed by atoms with van der Waals surface area (Å²) in [5, 5.41) is 1.86. The Hall–Kier alpha value is -2.80. The van der Waals surface area contributed by atoms with Gasteiger partial charge in [0, 0.05) is 13.0 Å². The third kappa shape index (κ3) is 4.14. The standard InChI is InChI=1S/C20H20N2O4S/c1-3-22-16-9-8-14(12-15(16)21-13(2)19(22)24)20(25)26-10-4-6-17(23)18-7-5-11-27-18/h5,7-9,11-12H,3-4,6,10H2,1-2H3. The third-order valence-electron chi connectivity index (χ3n) is 4.24. The van der Waals surface area contributed by atoms with E-state index in [-0.39, 0.29) is 17.9 Å². The second-order valence-electron chi connectivity index (χ2n) is 6.09. The zero-order chi connectivity index (χ0) is 19.4. The van der Waals surface area contributed by atoms with Crippen LogP contribution in [0.3, 0.4) is 0 Å². The molecule has 2 aromatic heterocycles. The SMILES string of the molecule is CCn1c(=O)c(C)nc2cc(C(=O)OCCCC(=O)c3cccs3)ccc21. The van der Waals surface area contributed by atoms with Crippen LogP contribution in [0, 0.1) is 6.92 Å². The lowest BCUT2D eigenvalue weighted by molar-refractivity contribution is 0.0494. The summed E-state index contributed by atoms with van der Waals surface area (Å²) in [5.74, 6) is -0.404. The Morgan fingerprint density at radius 3 is 2.78 bits per heavy atom. The van der Waals surface area contributed by atoms with Gasteiger partial charge in [-0.2, -0.15) is 0 Å². The number of Topliss-reactive ketones (excluding diaryl/α,β-unsaturated/α-hetero) is 1. The minimum atomic E-state index is -0.464. The quantitative estimate of drug-likeness (QED) is 0.353. The minimum Gasteiger partial charge on any atom is -0.462 e. The van der Waals surface area contributed by atoms with Crippen LogP contribution in [0.4, 0.5) is 0 Å². The Balaban J connectivity index is 1.65. The molecule has 0 unspecified atom stereocenters. The Labute approximate surface area is 160 Å². The summed E-state index contributed by atoms with van der Waals surface area (Å²) >= 11 is 1.41. The van der Waals surface area contributed by atoms with Gasteiger partial charge in [0.2, 0.25) is 0 Å². The zero-order valence-electron chi connectivity index (χ0n) is 15.2. The third-order valence-corrected chi connectivity index (χ3v) is 5.15. The van der Waals surface area contributed by atoms with E-state index < -0.39 is 5.97 Å². The summed E-state index contributed by atoms with van der Waals surface area (Å²) in [4.78, 5) is 41.3. The number of fused-ring (bicyclic) bond motifs is 1. The molecule has 1 aromatic carbocycles. The lowest BCUT2D eigenvalue weighted by Crippen LogP contribution is -2.23. The van der Waals surface area contributed by atoms with Crippen molar-refractivity contribution in [2.45, 2.75) is 33.2 Å². The van der Waals surface area contributed by atoms with Crippen molar-refractivity contribution in [3.8, 4) is 0 Å². The number of hydrogen-bond donors (Lipinski definition) is 0. The number of carbonyl (C=O) groups is 2. The molecule has 0 aliphatic heterocycles. The molecule has 2 heterocycles. The van der Waals surface area contributed by atoms with E-state index in [1.54, 1.807) is 35.8 Å².